The van der Waals surface area contributed by atoms with Gasteiger partial charge >= 0.3 is 6.18 Å². The first-order valence-corrected chi connectivity index (χ1v) is 10.1. The Morgan fingerprint density at radius 1 is 1.09 bits per heavy atom. The lowest BCUT2D eigenvalue weighted by atomic mass is 10.1. The van der Waals surface area contributed by atoms with E-state index in [2.05, 4.69) is 25.5 Å². The highest BCUT2D eigenvalue weighted by molar-refractivity contribution is 5.93. The Labute approximate surface area is 181 Å². The Balaban J connectivity index is 1.50. The third kappa shape index (κ3) is 4.71. The number of aromatic nitrogens is 4. The van der Waals surface area contributed by atoms with E-state index < -0.39 is 29.3 Å². The van der Waals surface area contributed by atoms with Gasteiger partial charge in [-0.3, -0.25) is 4.79 Å². The summed E-state index contributed by atoms with van der Waals surface area (Å²) in [6.07, 6.45) is 0.0671. The number of pyridine rings is 1. The first-order valence-electron chi connectivity index (χ1n) is 10.1. The van der Waals surface area contributed by atoms with Crippen LogP contribution in [0.3, 0.4) is 0 Å². The minimum absolute atomic E-state index is 0.0315. The molecule has 1 aromatic carbocycles. The summed E-state index contributed by atoms with van der Waals surface area (Å²) < 4.78 is 54.9. The molecule has 0 radical (unpaired) electrons. The summed E-state index contributed by atoms with van der Waals surface area (Å²) >= 11 is 0. The Morgan fingerprint density at radius 2 is 1.88 bits per heavy atom. The summed E-state index contributed by atoms with van der Waals surface area (Å²) in [5, 5.41) is 9.27. The highest BCUT2D eigenvalue weighted by Crippen LogP contribution is 2.32. The highest BCUT2D eigenvalue weighted by atomic mass is 19.4. The fraction of sp³-hybridized carbons (Fsp3) is 0.333. The zero-order valence-electron chi connectivity index (χ0n) is 16.9. The van der Waals surface area contributed by atoms with Crippen LogP contribution in [0.2, 0.25) is 0 Å². The molecule has 32 heavy (non-hydrogen) atoms. The molecule has 0 atom stereocenters. The lowest BCUT2D eigenvalue weighted by Crippen LogP contribution is -2.30. The van der Waals surface area contributed by atoms with Crippen LogP contribution < -0.4 is 10.2 Å². The van der Waals surface area contributed by atoms with E-state index in [0.29, 0.717) is 10.2 Å². The van der Waals surface area contributed by atoms with E-state index in [9.17, 15) is 22.4 Å². The largest absolute Gasteiger partial charge is 0.435 e. The second kappa shape index (κ2) is 8.93. The predicted molar refractivity (Wildman–Crippen MR) is 108 cm³/mol. The molecule has 0 bridgehead atoms. The van der Waals surface area contributed by atoms with E-state index in [0.717, 1.165) is 43.9 Å². The summed E-state index contributed by atoms with van der Waals surface area (Å²) in [4.78, 5) is 19.0. The van der Waals surface area contributed by atoms with Crippen molar-refractivity contribution in [1.29, 1.82) is 0 Å². The Morgan fingerprint density at radius 3 is 2.53 bits per heavy atom. The number of hydrogen-bond donors (Lipinski definition) is 1. The number of hydrogen-bond acceptors (Lipinski definition) is 5. The standard InChI is InChI=1S/C21H20F4N6O/c22-15-5-4-6-16(11-15)31-19(21(23,24)25)18(28-29-31)20(32)27-13-14-7-8-17(26-12-14)30-9-2-1-3-10-30/h4-8,11-12H,1-3,9-10,13H2,(H,27,32). The summed E-state index contributed by atoms with van der Waals surface area (Å²) in [6, 6.07) is 8.05. The van der Waals surface area contributed by atoms with Crippen molar-refractivity contribution >= 4 is 11.7 Å². The van der Waals surface area contributed by atoms with Gasteiger partial charge in [-0.1, -0.05) is 17.3 Å². The molecule has 1 amide bonds. The quantitative estimate of drug-likeness (QED) is 0.602. The van der Waals surface area contributed by atoms with E-state index in [1.807, 2.05) is 6.07 Å². The van der Waals surface area contributed by atoms with Crippen molar-refractivity contribution < 1.29 is 22.4 Å². The second-order valence-electron chi connectivity index (χ2n) is 7.43. The Bertz CT molecular complexity index is 1090. The lowest BCUT2D eigenvalue weighted by Gasteiger charge is -2.27. The van der Waals surface area contributed by atoms with Crippen LogP contribution in [0.5, 0.6) is 0 Å². The van der Waals surface area contributed by atoms with Gasteiger partial charge in [0, 0.05) is 25.8 Å². The zero-order valence-corrected chi connectivity index (χ0v) is 16.9. The summed E-state index contributed by atoms with van der Waals surface area (Å²) in [6.45, 7) is 1.84. The maximum atomic E-state index is 13.7. The van der Waals surface area contributed by atoms with Gasteiger partial charge in [0.15, 0.2) is 11.4 Å². The minimum Gasteiger partial charge on any atom is -0.357 e. The fourth-order valence-electron chi connectivity index (χ4n) is 3.58. The number of rotatable bonds is 5. The van der Waals surface area contributed by atoms with E-state index in [-0.39, 0.29) is 12.2 Å². The van der Waals surface area contributed by atoms with Gasteiger partial charge < -0.3 is 10.2 Å². The molecule has 1 aliphatic rings. The number of amides is 1. The van der Waals surface area contributed by atoms with Gasteiger partial charge in [-0.2, -0.15) is 13.2 Å². The third-order valence-corrected chi connectivity index (χ3v) is 5.15. The number of carbonyl (C=O) groups is 1. The molecule has 2 aromatic heterocycles. The molecule has 0 aliphatic carbocycles. The van der Waals surface area contributed by atoms with Gasteiger partial charge in [-0.25, -0.2) is 14.1 Å². The smallest absolute Gasteiger partial charge is 0.357 e. The van der Waals surface area contributed by atoms with Gasteiger partial charge in [-0.05, 0) is 49.1 Å². The number of nitrogens with zero attached hydrogens (tertiary/aromatic N) is 5. The molecular weight excluding hydrogens is 428 g/mol. The zero-order chi connectivity index (χ0) is 22.7. The van der Waals surface area contributed by atoms with Crippen LogP contribution >= 0.6 is 0 Å². The van der Waals surface area contributed by atoms with E-state index in [1.165, 1.54) is 18.6 Å². The van der Waals surface area contributed by atoms with E-state index >= 15 is 0 Å². The minimum atomic E-state index is -4.93. The molecule has 4 rings (SSSR count). The number of alkyl halides is 3. The first-order chi connectivity index (χ1) is 15.3. The molecule has 7 nitrogen and oxygen atoms in total. The second-order valence-corrected chi connectivity index (χ2v) is 7.43. The molecule has 1 fully saturated rings. The van der Waals surface area contributed by atoms with Crippen LogP contribution in [0.4, 0.5) is 23.4 Å². The van der Waals surface area contributed by atoms with Gasteiger partial charge in [-0.15, -0.1) is 5.10 Å². The first kappa shape index (κ1) is 21.7. The molecule has 0 unspecified atom stereocenters. The van der Waals surface area contributed by atoms with Crippen molar-refractivity contribution in [2.24, 2.45) is 0 Å². The predicted octanol–water partition coefficient (Wildman–Crippen LogP) is 3.74. The van der Waals surface area contributed by atoms with Gasteiger partial charge in [0.25, 0.3) is 5.91 Å². The average Bonchev–Trinajstić information content (AvgIpc) is 3.25. The maximum absolute atomic E-state index is 13.7. The number of piperidine rings is 1. The van der Waals surface area contributed by atoms with Crippen molar-refractivity contribution in [3.05, 3.63) is 65.4 Å². The van der Waals surface area contributed by atoms with Crippen LogP contribution in [-0.2, 0) is 12.7 Å². The molecule has 1 N–H and O–H groups in total. The topological polar surface area (TPSA) is 75.9 Å². The monoisotopic (exact) mass is 448 g/mol. The summed E-state index contributed by atoms with van der Waals surface area (Å²) in [5.41, 5.74) is -1.83. The molecule has 0 spiro atoms. The maximum Gasteiger partial charge on any atom is 0.435 e. The number of anilines is 1. The molecular formula is C21H20F4N6O. The van der Waals surface area contributed by atoms with E-state index in [1.54, 1.807) is 12.3 Å². The van der Waals surface area contributed by atoms with Crippen molar-refractivity contribution in [1.82, 2.24) is 25.3 Å². The summed E-state index contributed by atoms with van der Waals surface area (Å²) in [5.74, 6) is -0.949. The normalized spacial score (nSPS) is 14.4. The molecule has 3 aromatic rings. The van der Waals surface area contributed by atoms with Crippen LogP contribution in [0.15, 0.2) is 42.6 Å². The molecule has 1 aliphatic heterocycles. The highest BCUT2D eigenvalue weighted by Gasteiger charge is 2.42. The van der Waals surface area contributed by atoms with Crippen molar-refractivity contribution in [2.45, 2.75) is 32.0 Å². The average molecular weight is 448 g/mol. The lowest BCUT2D eigenvalue weighted by molar-refractivity contribution is -0.143. The molecule has 168 valence electrons. The van der Waals surface area contributed by atoms with Gasteiger partial charge in [0.05, 0.1) is 5.69 Å². The van der Waals surface area contributed by atoms with Crippen molar-refractivity contribution in [3.8, 4) is 5.69 Å². The SMILES string of the molecule is O=C(NCc1ccc(N2CCCCC2)nc1)c1nnn(-c2cccc(F)c2)c1C(F)(F)F. The molecule has 1 saturated heterocycles. The summed E-state index contributed by atoms with van der Waals surface area (Å²) in [7, 11) is 0. The van der Waals surface area contributed by atoms with Crippen LogP contribution in [-0.4, -0.2) is 39.0 Å². The fourth-order valence-corrected chi connectivity index (χ4v) is 3.58. The Hall–Kier alpha value is -3.50. The number of carbonyl (C=O) groups excluding carboxylic acids is 1. The number of nitrogens with one attached hydrogen (secondary N) is 1. The van der Waals surface area contributed by atoms with Crippen LogP contribution in [0, 0.1) is 5.82 Å². The van der Waals surface area contributed by atoms with Gasteiger partial charge in [0.2, 0.25) is 0 Å². The van der Waals surface area contributed by atoms with Crippen molar-refractivity contribution in [2.75, 3.05) is 18.0 Å². The van der Waals surface area contributed by atoms with Crippen LogP contribution in [0.1, 0.15) is 41.0 Å². The molecule has 11 heteroatoms. The third-order valence-electron chi connectivity index (χ3n) is 5.15. The van der Waals surface area contributed by atoms with Crippen LogP contribution in [0.25, 0.3) is 5.69 Å². The number of halogens is 4. The van der Waals surface area contributed by atoms with Gasteiger partial charge in [0.1, 0.15) is 11.6 Å². The Kier molecular flexibility index (Phi) is 6.06. The van der Waals surface area contributed by atoms with E-state index in [4.69, 9.17) is 0 Å². The van der Waals surface area contributed by atoms with Crippen molar-refractivity contribution in [3.63, 3.8) is 0 Å². The number of benzene rings is 1. The molecule has 3 heterocycles. The molecule has 0 saturated carbocycles.